The van der Waals surface area contributed by atoms with E-state index in [-0.39, 0.29) is 5.91 Å². The van der Waals surface area contributed by atoms with Crippen molar-refractivity contribution in [1.29, 1.82) is 0 Å². The van der Waals surface area contributed by atoms with Gasteiger partial charge in [0.25, 0.3) is 0 Å². The molecule has 10 nitrogen and oxygen atoms in total. The first-order chi connectivity index (χ1) is 21.9. The zero-order valence-electron chi connectivity index (χ0n) is 26.5. The third-order valence-electron chi connectivity index (χ3n) is 8.41. The molecule has 0 spiro atoms. The standard InChI is InChI=1S/C35H41N7O3/c1-5-7-33(43)37-26-9-6-8-23(16-26)34-39-30-19-31(44-4)32(45-15-14-42-13-12-28(22-42)41(2)3)18-29(30)35(40-34)38-27-11-10-24-20-36-21-25(24)17-27/h6,8-11,16-19,21,28H,5,7,12-15,20,22H2,1-4H3,(H,37,43)(H,38,39,40)/t28-/m0/s1. The van der Waals surface area contributed by atoms with Crippen LogP contribution in [0, 0.1) is 0 Å². The van der Waals surface area contributed by atoms with Gasteiger partial charge in [-0.15, -0.1) is 0 Å². The molecule has 1 atom stereocenters. The first-order valence-electron chi connectivity index (χ1n) is 15.6. The predicted octanol–water partition coefficient (Wildman–Crippen LogP) is 5.73. The molecule has 2 aliphatic rings. The summed E-state index contributed by atoms with van der Waals surface area (Å²) in [6.45, 7) is 6.19. The molecular formula is C35H41N7O3. The molecule has 0 aliphatic carbocycles. The van der Waals surface area contributed by atoms with Crippen LogP contribution in [0.5, 0.6) is 11.5 Å². The molecule has 0 radical (unpaired) electrons. The lowest BCUT2D eigenvalue weighted by molar-refractivity contribution is -0.116. The summed E-state index contributed by atoms with van der Waals surface area (Å²) in [7, 11) is 5.93. The Hall–Kier alpha value is -4.54. The Morgan fingerprint density at radius 2 is 1.96 bits per heavy atom. The fraction of sp³-hybridized carbons (Fsp3) is 0.371. The van der Waals surface area contributed by atoms with Crippen molar-refractivity contribution >= 4 is 40.2 Å². The first kappa shape index (κ1) is 30.5. The normalized spacial score (nSPS) is 15.9. The molecule has 45 heavy (non-hydrogen) atoms. The molecule has 1 aromatic heterocycles. The van der Waals surface area contributed by atoms with Gasteiger partial charge in [0.15, 0.2) is 17.3 Å². The number of likely N-dealkylation sites (N-methyl/N-ethyl adjacent to an activating group) is 1. The molecule has 1 fully saturated rings. The summed E-state index contributed by atoms with van der Waals surface area (Å²) in [4.78, 5) is 31.4. The van der Waals surface area contributed by atoms with E-state index in [9.17, 15) is 4.79 Å². The molecule has 3 aromatic carbocycles. The van der Waals surface area contributed by atoms with Crippen molar-refractivity contribution in [3.05, 3.63) is 65.7 Å². The van der Waals surface area contributed by atoms with Gasteiger partial charge in [-0.1, -0.05) is 25.1 Å². The van der Waals surface area contributed by atoms with Crippen LogP contribution in [0.25, 0.3) is 22.3 Å². The van der Waals surface area contributed by atoms with Gasteiger partial charge >= 0.3 is 0 Å². The molecule has 234 valence electrons. The van der Waals surface area contributed by atoms with Gasteiger partial charge in [0, 0.05) is 60.2 Å². The second-order valence-corrected chi connectivity index (χ2v) is 11.9. The number of hydrogen-bond donors (Lipinski definition) is 2. The number of nitrogens with zero attached hydrogens (tertiary/aromatic N) is 5. The smallest absolute Gasteiger partial charge is 0.224 e. The summed E-state index contributed by atoms with van der Waals surface area (Å²) in [5.41, 5.74) is 5.40. The van der Waals surface area contributed by atoms with Crippen LogP contribution < -0.4 is 20.1 Å². The molecule has 2 N–H and O–H groups in total. The molecule has 0 bridgehead atoms. The lowest BCUT2D eigenvalue weighted by Gasteiger charge is -2.21. The predicted molar refractivity (Wildman–Crippen MR) is 180 cm³/mol. The summed E-state index contributed by atoms with van der Waals surface area (Å²) in [5.74, 6) is 2.41. The fourth-order valence-electron chi connectivity index (χ4n) is 5.86. The third kappa shape index (κ3) is 7.08. The van der Waals surface area contributed by atoms with Gasteiger partial charge in [-0.3, -0.25) is 14.7 Å². The van der Waals surface area contributed by atoms with Gasteiger partial charge in [0.05, 0.1) is 19.2 Å². The second kappa shape index (κ2) is 13.6. The van der Waals surface area contributed by atoms with Crippen molar-refractivity contribution in [1.82, 2.24) is 19.8 Å². The van der Waals surface area contributed by atoms with E-state index in [1.54, 1.807) is 7.11 Å². The summed E-state index contributed by atoms with van der Waals surface area (Å²) < 4.78 is 12.1. The van der Waals surface area contributed by atoms with Crippen LogP contribution in [0.15, 0.2) is 59.6 Å². The highest BCUT2D eigenvalue weighted by atomic mass is 16.5. The maximum atomic E-state index is 12.3. The SMILES string of the molecule is CCCC(=O)Nc1cccc(-c2nc(Nc3ccc4c(c3)C=NC4)c3cc(OCCN4CC[C@H](N(C)C)C4)c(OC)cc3n2)c1. The lowest BCUT2D eigenvalue weighted by atomic mass is 10.1. The number of likely N-dealkylation sites (tertiary alicyclic amines) is 1. The van der Waals surface area contributed by atoms with Crippen molar-refractivity contribution in [2.24, 2.45) is 4.99 Å². The van der Waals surface area contributed by atoms with E-state index in [1.165, 1.54) is 12.0 Å². The molecule has 0 unspecified atom stereocenters. The summed E-state index contributed by atoms with van der Waals surface area (Å²) >= 11 is 0. The number of carbonyl (C=O) groups excluding carboxylic acids is 1. The number of methoxy groups -OCH3 is 1. The van der Waals surface area contributed by atoms with E-state index in [2.05, 4.69) is 51.7 Å². The van der Waals surface area contributed by atoms with Crippen molar-refractivity contribution in [3.8, 4) is 22.9 Å². The Morgan fingerprint density at radius 3 is 2.76 bits per heavy atom. The van der Waals surface area contributed by atoms with Crippen LogP contribution in [0.1, 0.15) is 37.3 Å². The van der Waals surface area contributed by atoms with E-state index in [4.69, 9.17) is 19.4 Å². The number of aliphatic imine (C=N–C) groups is 1. The minimum absolute atomic E-state index is 0.0175. The molecule has 6 rings (SSSR count). The number of hydrogen-bond acceptors (Lipinski definition) is 9. The molecule has 3 heterocycles. The van der Waals surface area contributed by atoms with Crippen LogP contribution >= 0.6 is 0 Å². The Bertz CT molecular complexity index is 1720. The fourth-order valence-corrected chi connectivity index (χ4v) is 5.86. The molecule has 2 aliphatic heterocycles. The largest absolute Gasteiger partial charge is 0.493 e. The van der Waals surface area contributed by atoms with E-state index in [0.717, 1.165) is 48.3 Å². The Balaban J connectivity index is 1.33. The van der Waals surface area contributed by atoms with E-state index < -0.39 is 0 Å². The average Bonchev–Trinajstić information content (AvgIpc) is 3.71. The molecule has 1 saturated heterocycles. The number of anilines is 3. The number of benzene rings is 3. The van der Waals surface area contributed by atoms with Gasteiger partial charge in [-0.05, 0) is 74.9 Å². The summed E-state index contributed by atoms with van der Waals surface area (Å²) in [6, 6.07) is 18.3. The maximum absolute atomic E-state index is 12.3. The minimum Gasteiger partial charge on any atom is -0.493 e. The van der Waals surface area contributed by atoms with Crippen molar-refractivity contribution in [3.63, 3.8) is 0 Å². The maximum Gasteiger partial charge on any atom is 0.224 e. The molecule has 4 aromatic rings. The molecular weight excluding hydrogens is 566 g/mol. The number of nitrogens with one attached hydrogen (secondary N) is 2. The number of aromatic nitrogens is 2. The van der Waals surface area contributed by atoms with Crippen molar-refractivity contribution in [2.45, 2.75) is 38.8 Å². The summed E-state index contributed by atoms with van der Waals surface area (Å²) in [6.07, 6.45) is 4.32. The third-order valence-corrected chi connectivity index (χ3v) is 8.41. The monoisotopic (exact) mass is 607 g/mol. The van der Waals surface area contributed by atoms with Crippen LogP contribution in [-0.4, -0.2) is 85.4 Å². The average molecular weight is 608 g/mol. The molecule has 10 heteroatoms. The van der Waals surface area contributed by atoms with Gasteiger partial charge in [0.1, 0.15) is 12.4 Å². The van der Waals surface area contributed by atoms with Gasteiger partial charge in [-0.2, -0.15) is 0 Å². The lowest BCUT2D eigenvalue weighted by Crippen LogP contribution is -2.33. The van der Waals surface area contributed by atoms with E-state index >= 15 is 0 Å². The highest BCUT2D eigenvalue weighted by molar-refractivity contribution is 5.96. The zero-order valence-corrected chi connectivity index (χ0v) is 26.5. The Kier molecular flexibility index (Phi) is 9.23. The van der Waals surface area contributed by atoms with E-state index in [1.807, 2.05) is 55.6 Å². The number of ether oxygens (including phenoxy) is 2. The van der Waals surface area contributed by atoms with Crippen molar-refractivity contribution in [2.75, 3.05) is 58.1 Å². The van der Waals surface area contributed by atoms with Crippen LogP contribution in [0.4, 0.5) is 17.2 Å². The van der Waals surface area contributed by atoms with Crippen LogP contribution in [-0.2, 0) is 11.3 Å². The minimum atomic E-state index is -0.0175. The highest BCUT2D eigenvalue weighted by Crippen LogP contribution is 2.37. The quantitative estimate of drug-likeness (QED) is 0.210. The number of carbonyl (C=O) groups is 1. The second-order valence-electron chi connectivity index (χ2n) is 11.9. The molecule has 1 amide bonds. The summed E-state index contributed by atoms with van der Waals surface area (Å²) in [5, 5.41) is 7.33. The number of fused-ring (bicyclic) bond motifs is 2. The number of rotatable bonds is 12. The van der Waals surface area contributed by atoms with Crippen LogP contribution in [0.2, 0.25) is 0 Å². The van der Waals surface area contributed by atoms with Crippen LogP contribution in [0.3, 0.4) is 0 Å². The zero-order chi connectivity index (χ0) is 31.3. The Labute approximate surface area is 264 Å². The first-order valence-corrected chi connectivity index (χ1v) is 15.6. The Morgan fingerprint density at radius 1 is 1.07 bits per heavy atom. The highest BCUT2D eigenvalue weighted by Gasteiger charge is 2.24. The van der Waals surface area contributed by atoms with Gasteiger partial charge in [-0.25, -0.2) is 9.97 Å². The van der Waals surface area contributed by atoms with Gasteiger partial charge in [0.2, 0.25) is 5.91 Å². The topological polar surface area (TPSA) is 104 Å². The molecule has 0 saturated carbocycles. The van der Waals surface area contributed by atoms with E-state index in [0.29, 0.717) is 60.0 Å². The van der Waals surface area contributed by atoms with Gasteiger partial charge < -0.3 is 25.0 Å². The number of amides is 1. The van der Waals surface area contributed by atoms with Crippen molar-refractivity contribution < 1.29 is 14.3 Å².